The molecule has 32 heavy (non-hydrogen) atoms. The lowest BCUT2D eigenvalue weighted by molar-refractivity contribution is 0.0921. The summed E-state index contributed by atoms with van der Waals surface area (Å²) in [5.41, 5.74) is 1.70. The first kappa shape index (κ1) is 22.1. The highest BCUT2D eigenvalue weighted by molar-refractivity contribution is 5.94. The fourth-order valence-corrected chi connectivity index (χ4v) is 4.10. The minimum atomic E-state index is -0.233. The molecule has 1 aliphatic heterocycles. The molecule has 0 aliphatic carbocycles. The first-order valence-electron chi connectivity index (χ1n) is 11.2. The van der Waals surface area contributed by atoms with E-state index in [1.165, 1.54) is 18.1 Å². The number of hydrogen-bond donors (Lipinski definition) is 1. The van der Waals surface area contributed by atoms with Gasteiger partial charge in [-0.05, 0) is 25.0 Å². The normalized spacial score (nSPS) is 15.2. The third kappa shape index (κ3) is 4.85. The van der Waals surface area contributed by atoms with Crippen molar-refractivity contribution in [3.63, 3.8) is 0 Å². The second kappa shape index (κ2) is 9.99. The maximum absolute atomic E-state index is 12.6. The van der Waals surface area contributed by atoms with Gasteiger partial charge in [0, 0.05) is 38.2 Å². The zero-order chi connectivity index (χ0) is 22.5. The molecule has 0 fully saturated rings. The van der Waals surface area contributed by atoms with Crippen molar-refractivity contribution in [3.8, 4) is 5.75 Å². The fourth-order valence-electron chi connectivity index (χ4n) is 4.10. The Labute approximate surface area is 188 Å². The largest absolute Gasteiger partial charge is 0.494 e. The number of rotatable bonds is 8. The molecule has 8 nitrogen and oxygen atoms in total. The molecule has 0 saturated carbocycles. The lowest BCUT2D eigenvalue weighted by Gasteiger charge is -2.23. The summed E-state index contributed by atoms with van der Waals surface area (Å²) in [6, 6.07) is 9.65. The minimum absolute atomic E-state index is 0.163. The molecule has 8 heteroatoms. The van der Waals surface area contributed by atoms with E-state index in [-0.39, 0.29) is 17.9 Å². The van der Waals surface area contributed by atoms with Crippen LogP contribution < -0.4 is 10.1 Å². The smallest absolute Gasteiger partial charge is 0.255 e. The van der Waals surface area contributed by atoms with Crippen molar-refractivity contribution in [2.45, 2.75) is 46.3 Å². The van der Waals surface area contributed by atoms with Crippen LogP contribution in [0.5, 0.6) is 5.75 Å². The number of benzene rings is 1. The number of carbonyl (C=O) groups is 1. The Morgan fingerprint density at radius 2 is 2.03 bits per heavy atom. The third-order valence-electron chi connectivity index (χ3n) is 5.83. The molecule has 3 aromatic rings. The molecular formula is C24H31N5O3. The van der Waals surface area contributed by atoms with Crippen molar-refractivity contribution < 1.29 is 13.9 Å². The summed E-state index contributed by atoms with van der Waals surface area (Å²) in [6.45, 7) is 10.2. The third-order valence-corrected chi connectivity index (χ3v) is 5.83. The van der Waals surface area contributed by atoms with E-state index in [0.29, 0.717) is 12.2 Å². The van der Waals surface area contributed by atoms with E-state index < -0.39 is 0 Å². The molecule has 1 atom stereocenters. The van der Waals surface area contributed by atoms with Crippen LogP contribution in [-0.2, 0) is 19.5 Å². The average molecular weight is 438 g/mol. The van der Waals surface area contributed by atoms with Gasteiger partial charge in [0.2, 0.25) is 0 Å². The molecular weight excluding hydrogens is 406 g/mol. The van der Waals surface area contributed by atoms with Crippen molar-refractivity contribution in [3.05, 3.63) is 65.6 Å². The molecule has 0 radical (unpaired) electrons. The van der Waals surface area contributed by atoms with Gasteiger partial charge in [-0.2, -0.15) is 0 Å². The number of nitrogens with one attached hydrogen (secondary N) is 1. The Morgan fingerprint density at radius 1 is 1.19 bits per heavy atom. The topological polar surface area (TPSA) is 85.4 Å². The number of furan rings is 1. The first-order chi connectivity index (χ1) is 15.6. The van der Waals surface area contributed by atoms with Crippen LogP contribution in [0.2, 0.25) is 0 Å². The summed E-state index contributed by atoms with van der Waals surface area (Å²) in [5.74, 6) is 2.71. The Morgan fingerprint density at radius 3 is 2.78 bits per heavy atom. The van der Waals surface area contributed by atoms with Gasteiger partial charge in [0.15, 0.2) is 5.82 Å². The summed E-state index contributed by atoms with van der Waals surface area (Å²) < 4.78 is 13.0. The van der Waals surface area contributed by atoms with Crippen LogP contribution >= 0.6 is 0 Å². The van der Waals surface area contributed by atoms with Crippen LogP contribution in [0.25, 0.3) is 0 Å². The van der Waals surface area contributed by atoms with Crippen LogP contribution in [0.4, 0.5) is 0 Å². The summed E-state index contributed by atoms with van der Waals surface area (Å²) in [4.78, 5) is 15.1. The number of hydrogen-bond acceptors (Lipinski definition) is 6. The zero-order valence-corrected chi connectivity index (χ0v) is 19.0. The van der Waals surface area contributed by atoms with Crippen molar-refractivity contribution in [2.24, 2.45) is 5.92 Å². The maximum atomic E-state index is 12.6. The van der Waals surface area contributed by atoms with Gasteiger partial charge >= 0.3 is 0 Å². The monoisotopic (exact) mass is 437 g/mol. The lowest BCUT2D eigenvalue weighted by Crippen LogP contribution is -2.34. The van der Waals surface area contributed by atoms with Crippen LogP contribution in [0, 0.1) is 5.92 Å². The van der Waals surface area contributed by atoms with Crippen LogP contribution in [0.3, 0.4) is 0 Å². The number of ether oxygens (including phenoxy) is 1. The number of amides is 1. The lowest BCUT2D eigenvalue weighted by atomic mass is 10.0. The zero-order valence-electron chi connectivity index (χ0n) is 19.0. The van der Waals surface area contributed by atoms with Gasteiger partial charge in [-0.3, -0.25) is 9.69 Å². The molecule has 4 rings (SSSR count). The molecule has 3 heterocycles. The van der Waals surface area contributed by atoms with Gasteiger partial charge in [0.1, 0.15) is 17.8 Å². The Hall–Kier alpha value is -3.13. The summed E-state index contributed by atoms with van der Waals surface area (Å²) in [5, 5.41) is 12.1. The Kier molecular flexibility index (Phi) is 6.90. The summed E-state index contributed by atoms with van der Waals surface area (Å²) >= 11 is 0. The molecule has 0 unspecified atom stereocenters. The number of nitrogens with zero attached hydrogens (tertiary/aromatic N) is 4. The van der Waals surface area contributed by atoms with Crippen molar-refractivity contribution in [1.29, 1.82) is 0 Å². The SMILES string of the molecule is CCOc1ccccc1CN1CCc2nnc([C@@H](NC(=O)c3ccoc3)C(C)C)n2CC1. The highest BCUT2D eigenvalue weighted by Crippen LogP contribution is 2.25. The number of carbonyl (C=O) groups excluding carboxylic acids is 1. The van der Waals surface area contributed by atoms with Gasteiger partial charge < -0.3 is 19.0 Å². The second-order valence-electron chi connectivity index (χ2n) is 8.40. The van der Waals surface area contributed by atoms with Crippen LogP contribution in [-0.4, -0.2) is 45.3 Å². The predicted molar refractivity (Wildman–Crippen MR) is 120 cm³/mol. The number of aromatic nitrogens is 3. The molecule has 0 spiro atoms. The quantitative estimate of drug-likeness (QED) is 0.581. The van der Waals surface area contributed by atoms with Crippen molar-refractivity contribution in [2.75, 3.05) is 19.7 Å². The Balaban J connectivity index is 1.48. The van der Waals surface area contributed by atoms with Crippen molar-refractivity contribution >= 4 is 5.91 Å². The van der Waals surface area contributed by atoms with Crippen molar-refractivity contribution in [1.82, 2.24) is 25.0 Å². The number of para-hydroxylation sites is 1. The highest BCUT2D eigenvalue weighted by Gasteiger charge is 2.28. The highest BCUT2D eigenvalue weighted by atomic mass is 16.5. The van der Waals surface area contributed by atoms with Gasteiger partial charge in [-0.1, -0.05) is 32.0 Å². The molecule has 170 valence electrons. The molecule has 1 aliphatic rings. The first-order valence-corrected chi connectivity index (χ1v) is 11.2. The van der Waals surface area contributed by atoms with E-state index in [4.69, 9.17) is 9.15 Å². The van der Waals surface area contributed by atoms with Gasteiger partial charge in [-0.25, -0.2) is 0 Å². The van der Waals surface area contributed by atoms with Gasteiger partial charge in [0.05, 0.1) is 24.5 Å². The summed E-state index contributed by atoms with van der Waals surface area (Å²) in [6.07, 6.45) is 3.76. The fraction of sp³-hybridized carbons (Fsp3) is 0.458. The second-order valence-corrected chi connectivity index (χ2v) is 8.40. The average Bonchev–Trinajstić information content (AvgIpc) is 3.41. The van der Waals surface area contributed by atoms with Crippen LogP contribution in [0.15, 0.2) is 47.3 Å². The van der Waals surface area contributed by atoms with E-state index in [2.05, 4.69) is 51.0 Å². The maximum Gasteiger partial charge on any atom is 0.255 e. The summed E-state index contributed by atoms with van der Waals surface area (Å²) in [7, 11) is 0. The molecule has 2 aromatic heterocycles. The molecule has 0 saturated heterocycles. The number of fused-ring (bicyclic) bond motifs is 1. The van der Waals surface area contributed by atoms with E-state index >= 15 is 0 Å². The minimum Gasteiger partial charge on any atom is -0.494 e. The van der Waals surface area contributed by atoms with E-state index in [1.807, 2.05) is 19.1 Å². The van der Waals surface area contributed by atoms with Gasteiger partial charge in [-0.15, -0.1) is 10.2 Å². The van der Waals surface area contributed by atoms with E-state index in [9.17, 15) is 4.79 Å². The van der Waals surface area contributed by atoms with Crippen LogP contribution in [0.1, 0.15) is 54.4 Å². The molecule has 0 bridgehead atoms. The molecule has 1 N–H and O–H groups in total. The molecule has 1 amide bonds. The standard InChI is InChI=1S/C24H31N5O3/c1-4-32-20-8-6-5-7-18(20)15-28-11-9-21-26-27-23(29(21)13-12-28)22(17(2)3)25-24(30)19-10-14-31-16-19/h5-8,10,14,16-17,22H,4,9,11-13,15H2,1-3H3,(H,25,30)/t22-/m0/s1. The Bertz CT molecular complexity index is 1030. The predicted octanol–water partition coefficient (Wildman–Crippen LogP) is 3.46. The van der Waals surface area contributed by atoms with E-state index in [1.54, 1.807) is 6.07 Å². The molecule has 1 aromatic carbocycles. The van der Waals surface area contributed by atoms with E-state index in [0.717, 1.165) is 50.0 Å². The van der Waals surface area contributed by atoms with Gasteiger partial charge in [0.25, 0.3) is 5.91 Å².